The second-order valence-corrected chi connectivity index (χ2v) is 7.43. The fourth-order valence-corrected chi connectivity index (χ4v) is 4.67. The molecule has 3 aliphatic heterocycles. The summed E-state index contributed by atoms with van der Waals surface area (Å²) in [7, 11) is 0. The molecule has 1 aromatic carbocycles. The Labute approximate surface area is 142 Å². The quantitative estimate of drug-likeness (QED) is 0.839. The molecule has 2 saturated heterocycles. The van der Waals surface area contributed by atoms with Crippen molar-refractivity contribution in [3.8, 4) is 0 Å². The number of carbonyl (C=O) groups excluding carboxylic acids is 2. The molecule has 1 saturated carbocycles. The number of imide groups is 1. The number of amides is 2. The number of fused-ring (bicyclic) bond motifs is 4. The van der Waals surface area contributed by atoms with Crippen LogP contribution in [0.4, 0.5) is 0 Å². The van der Waals surface area contributed by atoms with Gasteiger partial charge in [-0.2, -0.15) is 0 Å². The fourth-order valence-electron chi connectivity index (χ4n) is 4.67. The molecule has 5 nitrogen and oxygen atoms in total. The minimum absolute atomic E-state index is 0.0588. The molecule has 0 atom stereocenters. The van der Waals surface area contributed by atoms with Gasteiger partial charge in [0.05, 0.1) is 17.7 Å². The van der Waals surface area contributed by atoms with E-state index < -0.39 is 0 Å². The summed E-state index contributed by atoms with van der Waals surface area (Å²) in [5.74, 6) is 0.401. The van der Waals surface area contributed by atoms with Crippen LogP contribution in [0.15, 0.2) is 24.3 Å². The topological polar surface area (TPSA) is 60.9 Å². The highest BCUT2D eigenvalue weighted by molar-refractivity contribution is 6.21. The van der Waals surface area contributed by atoms with Gasteiger partial charge >= 0.3 is 0 Å². The van der Waals surface area contributed by atoms with Crippen LogP contribution < -0.4 is 0 Å². The maximum atomic E-state index is 12.4. The third-order valence-electron chi connectivity index (χ3n) is 6.17. The number of carbonyl (C=O) groups is 2. The van der Waals surface area contributed by atoms with Gasteiger partial charge in [-0.25, -0.2) is 0 Å². The first-order chi connectivity index (χ1) is 11.6. The predicted molar refractivity (Wildman–Crippen MR) is 89.8 cm³/mol. The van der Waals surface area contributed by atoms with E-state index in [2.05, 4.69) is 4.90 Å². The van der Waals surface area contributed by atoms with Gasteiger partial charge in [-0.1, -0.05) is 12.1 Å². The van der Waals surface area contributed by atoms with E-state index in [4.69, 9.17) is 0 Å². The van der Waals surface area contributed by atoms with Crippen molar-refractivity contribution in [3.05, 3.63) is 35.4 Å². The summed E-state index contributed by atoms with van der Waals surface area (Å²) in [5, 5.41) is 9.89. The second-order valence-electron chi connectivity index (χ2n) is 7.43. The van der Waals surface area contributed by atoms with E-state index in [-0.39, 0.29) is 24.0 Å². The molecule has 0 aromatic heterocycles. The summed E-state index contributed by atoms with van der Waals surface area (Å²) < 4.78 is 0. The maximum absolute atomic E-state index is 12.4. The predicted octanol–water partition coefficient (Wildman–Crippen LogP) is 1.91. The number of rotatable bonds is 5. The van der Waals surface area contributed by atoms with Gasteiger partial charge in [-0.05, 0) is 50.2 Å². The summed E-state index contributed by atoms with van der Waals surface area (Å²) in [6.07, 6.45) is 5.34. The number of nitrogens with zero attached hydrogens (tertiary/aromatic N) is 2. The summed E-state index contributed by atoms with van der Waals surface area (Å²) in [6.45, 7) is 2.55. The average Bonchev–Trinajstić information content (AvgIpc) is 2.88. The van der Waals surface area contributed by atoms with Crippen LogP contribution in [-0.2, 0) is 0 Å². The highest BCUT2D eigenvalue weighted by Crippen LogP contribution is 2.42. The lowest BCUT2D eigenvalue weighted by Crippen LogP contribution is -2.60. The molecule has 24 heavy (non-hydrogen) atoms. The first-order valence-electron chi connectivity index (χ1n) is 8.96. The van der Waals surface area contributed by atoms with E-state index in [0.717, 1.165) is 38.3 Å². The van der Waals surface area contributed by atoms with Gasteiger partial charge in [-0.15, -0.1) is 0 Å². The number of piperidine rings is 2. The van der Waals surface area contributed by atoms with E-state index in [1.807, 2.05) is 0 Å². The molecular weight excluding hydrogens is 304 g/mol. The number of hydrogen-bond donors (Lipinski definition) is 1. The average molecular weight is 328 g/mol. The molecule has 3 fully saturated rings. The molecular formula is C19H24N2O3. The molecule has 1 N–H and O–H groups in total. The van der Waals surface area contributed by atoms with Crippen molar-refractivity contribution in [3.63, 3.8) is 0 Å². The van der Waals surface area contributed by atoms with Crippen LogP contribution in [0.2, 0.25) is 0 Å². The zero-order chi connectivity index (χ0) is 16.7. The minimum Gasteiger partial charge on any atom is -0.394 e. The Kier molecular flexibility index (Phi) is 3.93. The van der Waals surface area contributed by atoms with Crippen LogP contribution in [0.1, 0.15) is 52.8 Å². The lowest BCUT2D eigenvalue weighted by Gasteiger charge is -2.54. The summed E-state index contributed by atoms with van der Waals surface area (Å²) in [4.78, 5) is 28.6. The van der Waals surface area contributed by atoms with Gasteiger partial charge in [0, 0.05) is 25.2 Å². The molecule has 2 amide bonds. The molecule has 5 rings (SSSR count). The van der Waals surface area contributed by atoms with Gasteiger partial charge in [-0.3, -0.25) is 19.4 Å². The molecule has 0 unspecified atom stereocenters. The monoisotopic (exact) mass is 328 g/mol. The van der Waals surface area contributed by atoms with Crippen LogP contribution in [0.3, 0.4) is 0 Å². The molecule has 5 heteroatoms. The first-order valence-corrected chi connectivity index (χ1v) is 8.96. The fraction of sp³-hybridized carbons (Fsp3) is 0.579. The summed E-state index contributed by atoms with van der Waals surface area (Å²) in [5.41, 5.74) is 0.981. The molecule has 2 bridgehead atoms. The third-order valence-corrected chi connectivity index (χ3v) is 6.17. The Morgan fingerprint density at radius 1 is 1.04 bits per heavy atom. The minimum atomic E-state index is -0.173. The standard InChI is InChI=1S/C19H24N2O3/c22-13-19-8-6-14(7-9-19)12-20(19)10-3-11-21-17(23)15-4-1-2-5-16(15)18(21)24/h1-2,4-5,14,22H,3,6-13H2. The van der Waals surface area contributed by atoms with Crippen molar-refractivity contribution in [2.45, 2.75) is 37.6 Å². The van der Waals surface area contributed by atoms with Crippen molar-refractivity contribution in [1.29, 1.82) is 0 Å². The smallest absolute Gasteiger partial charge is 0.261 e. The van der Waals surface area contributed by atoms with E-state index in [9.17, 15) is 14.7 Å². The van der Waals surface area contributed by atoms with Crippen molar-refractivity contribution >= 4 is 11.8 Å². The summed E-state index contributed by atoms with van der Waals surface area (Å²) in [6, 6.07) is 7.03. The molecule has 0 spiro atoms. The molecule has 128 valence electrons. The van der Waals surface area contributed by atoms with Gasteiger partial charge in [0.25, 0.3) is 11.8 Å². The van der Waals surface area contributed by atoms with Gasteiger partial charge in [0.2, 0.25) is 0 Å². The van der Waals surface area contributed by atoms with E-state index in [0.29, 0.717) is 17.7 Å². The number of aliphatic hydroxyl groups excluding tert-OH is 1. The molecule has 1 aliphatic carbocycles. The lowest BCUT2D eigenvalue weighted by atomic mass is 9.71. The maximum Gasteiger partial charge on any atom is 0.261 e. The van der Waals surface area contributed by atoms with Gasteiger partial charge < -0.3 is 5.11 Å². The number of aliphatic hydroxyl groups is 1. The van der Waals surface area contributed by atoms with Crippen molar-refractivity contribution < 1.29 is 14.7 Å². The third kappa shape index (κ3) is 2.38. The zero-order valence-corrected chi connectivity index (χ0v) is 13.9. The largest absolute Gasteiger partial charge is 0.394 e. The highest BCUT2D eigenvalue weighted by Gasteiger charge is 2.45. The Hall–Kier alpha value is -1.72. The zero-order valence-electron chi connectivity index (χ0n) is 13.9. The number of benzene rings is 1. The van der Waals surface area contributed by atoms with E-state index in [1.54, 1.807) is 24.3 Å². The molecule has 4 aliphatic rings. The SMILES string of the molecule is O=C1c2ccccc2C(=O)N1CCCN1CC2CCC1(CO)CC2. The lowest BCUT2D eigenvalue weighted by molar-refractivity contribution is -0.0662. The molecule has 0 radical (unpaired) electrons. The van der Waals surface area contributed by atoms with Crippen LogP contribution >= 0.6 is 0 Å². The Bertz CT molecular complexity index is 629. The van der Waals surface area contributed by atoms with Crippen LogP contribution in [0, 0.1) is 5.92 Å². The van der Waals surface area contributed by atoms with Crippen molar-refractivity contribution in [2.75, 3.05) is 26.2 Å². The molecule has 1 aromatic rings. The molecule has 3 heterocycles. The van der Waals surface area contributed by atoms with Crippen molar-refractivity contribution in [2.24, 2.45) is 5.92 Å². The van der Waals surface area contributed by atoms with Crippen LogP contribution in [0.5, 0.6) is 0 Å². The number of hydrogen-bond acceptors (Lipinski definition) is 4. The van der Waals surface area contributed by atoms with Crippen LogP contribution in [-0.4, -0.2) is 58.5 Å². The van der Waals surface area contributed by atoms with E-state index in [1.165, 1.54) is 17.7 Å². The van der Waals surface area contributed by atoms with Gasteiger partial charge in [0.15, 0.2) is 0 Å². The Morgan fingerprint density at radius 3 is 2.25 bits per heavy atom. The highest BCUT2D eigenvalue weighted by atomic mass is 16.3. The van der Waals surface area contributed by atoms with Gasteiger partial charge in [0.1, 0.15) is 0 Å². The second kappa shape index (κ2) is 5.97. The Balaban J connectivity index is 1.38. The van der Waals surface area contributed by atoms with Crippen molar-refractivity contribution in [1.82, 2.24) is 9.80 Å². The normalized spacial score (nSPS) is 29.4. The first kappa shape index (κ1) is 15.8. The van der Waals surface area contributed by atoms with Crippen LogP contribution in [0.25, 0.3) is 0 Å². The van der Waals surface area contributed by atoms with E-state index >= 15 is 0 Å². The Morgan fingerprint density at radius 2 is 1.67 bits per heavy atom. The summed E-state index contributed by atoms with van der Waals surface area (Å²) >= 11 is 0.